The minimum absolute atomic E-state index is 0.137. The van der Waals surface area contributed by atoms with Gasteiger partial charge in [-0.1, -0.05) is 23.7 Å². The lowest BCUT2D eigenvalue weighted by molar-refractivity contribution is -0.116. The Morgan fingerprint density at radius 3 is 2.62 bits per heavy atom. The molecule has 0 unspecified atom stereocenters. The number of methoxy groups -OCH3 is 1. The summed E-state index contributed by atoms with van der Waals surface area (Å²) in [5, 5.41) is 2.82. The molecule has 6 nitrogen and oxygen atoms in total. The van der Waals surface area contributed by atoms with E-state index >= 15 is 0 Å². The summed E-state index contributed by atoms with van der Waals surface area (Å²) in [6, 6.07) is 11.4. The Balaban J connectivity index is 1.75. The minimum Gasteiger partial charge on any atom is -0.497 e. The molecular formula is C17H13ClN2O4. The van der Waals surface area contributed by atoms with Crippen molar-refractivity contribution in [3.05, 3.63) is 58.6 Å². The summed E-state index contributed by atoms with van der Waals surface area (Å²) in [5.74, 6) is -1.01. The molecule has 0 spiro atoms. The largest absolute Gasteiger partial charge is 0.497 e. The Bertz CT molecular complexity index is 850. The Morgan fingerprint density at radius 1 is 1.17 bits per heavy atom. The Kier molecular flexibility index (Phi) is 4.22. The van der Waals surface area contributed by atoms with E-state index < -0.39 is 17.7 Å². The van der Waals surface area contributed by atoms with E-state index in [1.54, 1.807) is 30.3 Å². The SMILES string of the molecule is COc1cccc(NC(=O)CN2C(=O)c3cccc(Cl)c3C2=O)c1. The van der Waals surface area contributed by atoms with Crippen molar-refractivity contribution in [3.8, 4) is 5.75 Å². The van der Waals surface area contributed by atoms with E-state index in [0.29, 0.717) is 11.4 Å². The fourth-order valence-electron chi connectivity index (χ4n) is 2.48. The monoisotopic (exact) mass is 344 g/mol. The van der Waals surface area contributed by atoms with Crippen molar-refractivity contribution < 1.29 is 19.1 Å². The van der Waals surface area contributed by atoms with E-state index in [4.69, 9.17) is 16.3 Å². The predicted molar refractivity (Wildman–Crippen MR) is 88.4 cm³/mol. The van der Waals surface area contributed by atoms with Crippen molar-refractivity contribution in [2.24, 2.45) is 0 Å². The first-order valence-corrected chi connectivity index (χ1v) is 7.47. The van der Waals surface area contributed by atoms with Crippen molar-refractivity contribution in [2.75, 3.05) is 19.0 Å². The number of fused-ring (bicyclic) bond motifs is 1. The number of benzene rings is 2. The average Bonchev–Trinajstić information content (AvgIpc) is 2.81. The number of rotatable bonds is 4. The zero-order chi connectivity index (χ0) is 17.3. The summed E-state index contributed by atoms with van der Waals surface area (Å²) in [4.78, 5) is 37.7. The summed E-state index contributed by atoms with van der Waals surface area (Å²) in [5.41, 5.74) is 0.856. The highest BCUT2D eigenvalue weighted by atomic mass is 35.5. The third-order valence-electron chi connectivity index (χ3n) is 3.60. The van der Waals surface area contributed by atoms with Gasteiger partial charge in [-0.25, -0.2) is 0 Å². The molecule has 2 aromatic rings. The number of halogens is 1. The number of imide groups is 1. The Hall–Kier alpha value is -2.86. The maximum atomic E-state index is 12.3. The van der Waals surface area contributed by atoms with Gasteiger partial charge >= 0.3 is 0 Å². The van der Waals surface area contributed by atoms with Crippen molar-refractivity contribution in [1.29, 1.82) is 0 Å². The zero-order valence-corrected chi connectivity index (χ0v) is 13.5. The van der Waals surface area contributed by atoms with Crippen LogP contribution in [0.3, 0.4) is 0 Å². The molecule has 1 N–H and O–H groups in total. The molecule has 0 radical (unpaired) electrons. The molecule has 2 aromatic carbocycles. The molecule has 0 aliphatic carbocycles. The topological polar surface area (TPSA) is 75.7 Å². The van der Waals surface area contributed by atoms with Gasteiger partial charge in [-0.3, -0.25) is 19.3 Å². The van der Waals surface area contributed by atoms with Crippen molar-refractivity contribution in [1.82, 2.24) is 4.90 Å². The van der Waals surface area contributed by atoms with Crippen molar-refractivity contribution in [2.45, 2.75) is 0 Å². The third kappa shape index (κ3) is 2.83. The predicted octanol–water partition coefficient (Wildman–Crippen LogP) is 2.58. The number of nitrogens with one attached hydrogen (secondary N) is 1. The quantitative estimate of drug-likeness (QED) is 0.865. The van der Waals surface area contributed by atoms with E-state index in [1.165, 1.54) is 19.2 Å². The van der Waals surface area contributed by atoms with Crippen LogP contribution < -0.4 is 10.1 Å². The summed E-state index contributed by atoms with van der Waals surface area (Å²) in [6.07, 6.45) is 0. The van der Waals surface area contributed by atoms with Crippen LogP contribution in [0, 0.1) is 0 Å². The Morgan fingerprint density at radius 2 is 1.92 bits per heavy atom. The molecule has 1 heterocycles. The number of hydrogen-bond acceptors (Lipinski definition) is 4. The van der Waals surface area contributed by atoms with Gasteiger partial charge in [0.25, 0.3) is 11.8 Å². The lowest BCUT2D eigenvalue weighted by atomic mass is 10.1. The number of hydrogen-bond donors (Lipinski definition) is 1. The van der Waals surface area contributed by atoms with Gasteiger partial charge in [0.2, 0.25) is 5.91 Å². The smallest absolute Gasteiger partial charge is 0.263 e. The van der Waals surface area contributed by atoms with Crippen LogP contribution >= 0.6 is 11.6 Å². The van der Waals surface area contributed by atoms with Crippen LogP contribution in [0.15, 0.2) is 42.5 Å². The molecule has 7 heteroatoms. The van der Waals surface area contributed by atoms with Crippen LogP contribution in [0.4, 0.5) is 5.69 Å². The second-order valence-electron chi connectivity index (χ2n) is 5.14. The van der Waals surface area contributed by atoms with E-state index in [0.717, 1.165) is 4.90 Å². The standard InChI is InChI=1S/C17H13ClN2O4/c1-24-11-5-2-4-10(8-11)19-14(21)9-20-16(22)12-6-3-7-13(18)15(12)17(20)23/h2-8H,9H2,1H3,(H,19,21). The number of amides is 3. The summed E-state index contributed by atoms with van der Waals surface area (Å²) in [6.45, 7) is -0.389. The summed E-state index contributed by atoms with van der Waals surface area (Å²) in [7, 11) is 1.52. The number of nitrogens with zero attached hydrogens (tertiary/aromatic N) is 1. The zero-order valence-electron chi connectivity index (χ0n) is 12.7. The van der Waals surface area contributed by atoms with Crippen LogP contribution in [0.5, 0.6) is 5.75 Å². The fraction of sp³-hybridized carbons (Fsp3) is 0.118. The number of anilines is 1. The molecule has 0 aromatic heterocycles. The fourth-order valence-corrected chi connectivity index (χ4v) is 2.74. The van der Waals surface area contributed by atoms with Gasteiger partial charge in [0.05, 0.1) is 23.3 Å². The van der Waals surface area contributed by atoms with Gasteiger partial charge in [-0.05, 0) is 24.3 Å². The normalized spacial score (nSPS) is 13.0. The van der Waals surface area contributed by atoms with E-state index in [1.807, 2.05) is 0 Å². The molecule has 1 aliphatic heterocycles. The van der Waals surface area contributed by atoms with Crippen LogP contribution in [-0.4, -0.2) is 36.3 Å². The lowest BCUT2D eigenvalue weighted by Gasteiger charge is -2.14. The molecule has 24 heavy (non-hydrogen) atoms. The molecule has 3 rings (SSSR count). The van der Waals surface area contributed by atoms with Crippen LogP contribution in [0.25, 0.3) is 0 Å². The van der Waals surface area contributed by atoms with E-state index in [2.05, 4.69) is 5.32 Å². The molecular weight excluding hydrogens is 332 g/mol. The molecule has 0 saturated carbocycles. The maximum absolute atomic E-state index is 12.3. The van der Waals surface area contributed by atoms with Gasteiger partial charge < -0.3 is 10.1 Å². The highest BCUT2D eigenvalue weighted by Gasteiger charge is 2.38. The highest BCUT2D eigenvalue weighted by molar-refractivity contribution is 6.37. The number of carbonyl (C=O) groups excluding carboxylic acids is 3. The third-order valence-corrected chi connectivity index (χ3v) is 3.92. The van der Waals surface area contributed by atoms with Gasteiger partial charge in [0, 0.05) is 11.8 Å². The number of carbonyl (C=O) groups is 3. The first-order valence-electron chi connectivity index (χ1n) is 7.10. The lowest BCUT2D eigenvalue weighted by Crippen LogP contribution is -2.37. The molecule has 0 saturated heterocycles. The summed E-state index contributed by atoms with van der Waals surface area (Å²) >= 11 is 5.98. The van der Waals surface area contributed by atoms with Crippen LogP contribution in [0.1, 0.15) is 20.7 Å². The van der Waals surface area contributed by atoms with Gasteiger partial charge in [-0.15, -0.1) is 0 Å². The van der Waals surface area contributed by atoms with Crippen LogP contribution in [-0.2, 0) is 4.79 Å². The second-order valence-corrected chi connectivity index (χ2v) is 5.55. The molecule has 0 fully saturated rings. The van der Waals surface area contributed by atoms with Crippen LogP contribution in [0.2, 0.25) is 5.02 Å². The molecule has 122 valence electrons. The number of ether oxygens (including phenoxy) is 1. The van der Waals surface area contributed by atoms with Crippen molar-refractivity contribution >= 4 is 35.0 Å². The van der Waals surface area contributed by atoms with Crippen molar-refractivity contribution in [3.63, 3.8) is 0 Å². The molecule has 0 atom stereocenters. The molecule has 0 bridgehead atoms. The van der Waals surface area contributed by atoms with Gasteiger partial charge in [-0.2, -0.15) is 0 Å². The molecule has 3 amide bonds. The minimum atomic E-state index is -0.568. The first-order chi connectivity index (χ1) is 11.5. The average molecular weight is 345 g/mol. The van der Waals surface area contributed by atoms with E-state index in [9.17, 15) is 14.4 Å². The van der Waals surface area contributed by atoms with Gasteiger partial charge in [0.1, 0.15) is 12.3 Å². The Labute approximate surface area is 143 Å². The molecule has 1 aliphatic rings. The van der Waals surface area contributed by atoms with E-state index in [-0.39, 0.29) is 22.7 Å². The second kappa shape index (κ2) is 6.33. The maximum Gasteiger partial charge on any atom is 0.263 e. The first kappa shape index (κ1) is 16.0. The summed E-state index contributed by atoms with van der Waals surface area (Å²) < 4.78 is 5.07. The van der Waals surface area contributed by atoms with Gasteiger partial charge in [0.15, 0.2) is 0 Å². The highest BCUT2D eigenvalue weighted by Crippen LogP contribution is 2.29.